The number of carbonyl (C=O) groups excluding carboxylic acids is 1. The van der Waals surface area contributed by atoms with Gasteiger partial charge in [-0.1, -0.05) is 51.3 Å². The quantitative estimate of drug-likeness (QED) is 0.210. The zero-order valence-electron chi connectivity index (χ0n) is 12.5. The Kier molecular flexibility index (Phi) is 5.97. The topological polar surface area (TPSA) is 17.1 Å². The van der Waals surface area contributed by atoms with Crippen molar-refractivity contribution in [1.82, 2.24) is 0 Å². The molecule has 0 saturated heterocycles. The predicted molar refractivity (Wildman–Crippen MR) is 93.7 cm³/mol. The van der Waals surface area contributed by atoms with E-state index in [1.807, 2.05) is 0 Å². The molecule has 0 aliphatic carbocycles. The lowest BCUT2D eigenvalue weighted by atomic mass is 10.0. The molecule has 0 atom stereocenters. The maximum absolute atomic E-state index is 13.4. The van der Waals surface area contributed by atoms with E-state index in [-0.39, 0.29) is 5.56 Å². The minimum Gasteiger partial charge on any atom is -0.289 e. The van der Waals surface area contributed by atoms with Crippen molar-refractivity contribution in [1.29, 1.82) is 0 Å². The maximum atomic E-state index is 13.4. The van der Waals surface area contributed by atoms with Crippen LogP contribution in [0.3, 0.4) is 0 Å². The van der Waals surface area contributed by atoms with Gasteiger partial charge in [-0.2, -0.15) is 13.2 Å². The molecule has 0 amide bonds. The number of carbonyl (C=O) groups is 1. The molecule has 0 heterocycles. The fourth-order valence-corrected chi connectivity index (χ4v) is 2.87. The van der Waals surface area contributed by atoms with Crippen molar-refractivity contribution in [3.05, 3.63) is 73.4 Å². The lowest BCUT2D eigenvalue weighted by molar-refractivity contribution is -0.0689. The second-order valence-electron chi connectivity index (χ2n) is 5.14. The monoisotopic (exact) mass is 454 g/mol. The van der Waals surface area contributed by atoms with Crippen LogP contribution in [0, 0.1) is 12.7 Å². The third-order valence-electron chi connectivity index (χ3n) is 3.33. The lowest BCUT2D eigenvalue weighted by Crippen LogP contribution is -2.13. The van der Waals surface area contributed by atoms with Gasteiger partial charge in [0.2, 0.25) is 0 Å². The SMILES string of the molecule is Cc1ccc(C(=O)/C=C(/c2cc(Cl)c(F)c(Cl)c2)C(F)(F)F)cc1Br. The Labute approximate surface area is 159 Å². The molecule has 0 fully saturated rings. The van der Waals surface area contributed by atoms with Crippen LogP contribution in [0.4, 0.5) is 17.6 Å². The molecule has 0 aromatic heterocycles. The molecule has 25 heavy (non-hydrogen) atoms. The Hall–Kier alpha value is -1.37. The summed E-state index contributed by atoms with van der Waals surface area (Å²) in [5.74, 6) is -1.88. The number of benzene rings is 2. The van der Waals surface area contributed by atoms with Crippen molar-refractivity contribution in [2.75, 3.05) is 0 Å². The third kappa shape index (κ3) is 4.63. The van der Waals surface area contributed by atoms with Gasteiger partial charge in [-0.3, -0.25) is 4.79 Å². The summed E-state index contributed by atoms with van der Waals surface area (Å²) in [6.07, 6.45) is -4.42. The molecule has 8 heteroatoms. The molecule has 0 unspecified atom stereocenters. The first-order chi connectivity index (χ1) is 11.5. The Morgan fingerprint density at radius 1 is 1.08 bits per heavy atom. The summed E-state index contributed by atoms with van der Waals surface area (Å²) in [6.45, 7) is 1.78. The smallest absolute Gasteiger partial charge is 0.289 e. The van der Waals surface area contributed by atoms with Crippen molar-refractivity contribution in [2.24, 2.45) is 0 Å². The van der Waals surface area contributed by atoms with Gasteiger partial charge in [0.15, 0.2) is 11.6 Å². The van der Waals surface area contributed by atoms with Crippen LogP contribution in [0.1, 0.15) is 21.5 Å². The van der Waals surface area contributed by atoms with E-state index in [1.165, 1.54) is 12.1 Å². The fraction of sp³-hybridized carbons (Fsp3) is 0.118. The van der Waals surface area contributed by atoms with Gasteiger partial charge in [0.1, 0.15) is 0 Å². The molecule has 0 bridgehead atoms. The number of ketones is 1. The number of halogens is 7. The van der Waals surface area contributed by atoms with E-state index in [0.29, 0.717) is 10.5 Å². The Balaban J connectivity index is 2.56. The van der Waals surface area contributed by atoms with E-state index >= 15 is 0 Å². The molecule has 0 radical (unpaired) electrons. The van der Waals surface area contributed by atoms with Crippen LogP contribution in [0.15, 0.2) is 40.9 Å². The number of hydrogen-bond donors (Lipinski definition) is 0. The van der Waals surface area contributed by atoms with Gasteiger partial charge in [-0.25, -0.2) is 4.39 Å². The molecular formula is C17H9BrCl2F4O. The zero-order chi connectivity index (χ0) is 18.9. The Bertz CT molecular complexity index is 852. The van der Waals surface area contributed by atoms with Crippen molar-refractivity contribution < 1.29 is 22.4 Å². The number of alkyl halides is 3. The highest BCUT2D eigenvalue weighted by Crippen LogP contribution is 2.37. The van der Waals surface area contributed by atoms with E-state index in [4.69, 9.17) is 23.2 Å². The van der Waals surface area contributed by atoms with Crippen LogP contribution in [0.5, 0.6) is 0 Å². The summed E-state index contributed by atoms with van der Waals surface area (Å²) in [6, 6.07) is 6.00. The summed E-state index contributed by atoms with van der Waals surface area (Å²) in [5, 5.41) is -1.13. The highest BCUT2D eigenvalue weighted by Gasteiger charge is 2.36. The first-order valence-electron chi connectivity index (χ1n) is 6.75. The molecule has 2 rings (SSSR count). The molecule has 0 aliphatic heterocycles. The Morgan fingerprint density at radius 3 is 2.12 bits per heavy atom. The molecule has 0 aliphatic rings. The molecule has 132 valence electrons. The summed E-state index contributed by atoms with van der Waals surface area (Å²) in [4.78, 5) is 12.2. The molecule has 0 saturated carbocycles. The molecular weight excluding hydrogens is 447 g/mol. The van der Waals surface area contributed by atoms with Crippen LogP contribution in [0.2, 0.25) is 10.0 Å². The summed E-state index contributed by atoms with van der Waals surface area (Å²) >= 11 is 14.3. The average Bonchev–Trinajstić information content (AvgIpc) is 2.51. The normalized spacial score (nSPS) is 12.4. The van der Waals surface area contributed by atoms with Crippen molar-refractivity contribution in [3.8, 4) is 0 Å². The summed E-state index contributed by atoms with van der Waals surface area (Å²) in [5.41, 5.74) is -0.867. The Morgan fingerprint density at radius 2 is 1.64 bits per heavy atom. The second kappa shape index (κ2) is 7.48. The maximum Gasteiger partial charge on any atom is 0.417 e. The first-order valence-corrected chi connectivity index (χ1v) is 8.30. The number of allylic oxidation sites excluding steroid dienone is 2. The highest BCUT2D eigenvalue weighted by molar-refractivity contribution is 9.10. The fourth-order valence-electron chi connectivity index (χ4n) is 2.00. The largest absolute Gasteiger partial charge is 0.417 e. The second-order valence-corrected chi connectivity index (χ2v) is 6.81. The standard InChI is InChI=1S/C17H9BrCl2F4O/c1-8-2-3-9(4-12(8)18)15(25)7-11(17(22,23)24)10-5-13(19)16(21)14(20)6-10/h2-7H,1H3/b11-7-. The van der Waals surface area contributed by atoms with E-state index in [9.17, 15) is 22.4 Å². The number of hydrogen-bond acceptors (Lipinski definition) is 1. The van der Waals surface area contributed by atoms with Crippen LogP contribution >= 0.6 is 39.1 Å². The molecule has 2 aromatic rings. The minimum atomic E-state index is -4.86. The summed E-state index contributed by atoms with van der Waals surface area (Å²) in [7, 11) is 0. The van der Waals surface area contributed by atoms with Crippen LogP contribution in [-0.4, -0.2) is 12.0 Å². The minimum absolute atomic E-state index is 0.0681. The van der Waals surface area contributed by atoms with Crippen molar-refractivity contribution >= 4 is 50.5 Å². The van der Waals surface area contributed by atoms with E-state index < -0.39 is 39.0 Å². The number of rotatable bonds is 3. The first kappa shape index (κ1) is 19.9. The van der Waals surface area contributed by atoms with Crippen LogP contribution in [-0.2, 0) is 0 Å². The van der Waals surface area contributed by atoms with Gasteiger partial charge in [0, 0.05) is 10.0 Å². The van der Waals surface area contributed by atoms with E-state index in [1.54, 1.807) is 13.0 Å². The van der Waals surface area contributed by atoms with Gasteiger partial charge < -0.3 is 0 Å². The van der Waals surface area contributed by atoms with Crippen molar-refractivity contribution in [2.45, 2.75) is 13.1 Å². The molecule has 0 N–H and O–H groups in total. The van der Waals surface area contributed by atoms with Gasteiger partial charge in [-0.05, 0) is 42.3 Å². The number of aryl methyl sites for hydroxylation is 1. The van der Waals surface area contributed by atoms with Gasteiger partial charge in [0.05, 0.1) is 15.6 Å². The van der Waals surface area contributed by atoms with E-state index in [0.717, 1.165) is 17.7 Å². The van der Waals surface area contributed by atoms with Crippen LogP contribution in [0.25, 0.3) is 5.57 Å². The lowest BCUT2D eigenvalue weighted by Gasteiger charge is -2.13. The van der Waals surface area contributed by atoms with Gasteiger partial charge >= 0.3 is 6.18 Å². The predicted octanol–water partition coefficient (Wildman–Crippen LogP) is 7.03. The zero-order valence-corrected chi connectivity index (χ0v) is 15.6. The van der Waals surface area contributed by atoms with Gasteiger partial charge in [0.25, 0.3) is 0 Å². The molecule has 1 nitrogen and oxygen atoms in total. The highest BCUT2D eigenvalue weighted by atomic mass is 79.9. The summed E-state index contributed by atoms with van der Waals surface area (Å²) < 4.78 is 54.2. The molecule has 2 aromatic carbocycles. The average molecular weight is 456 g/mol. The van der Waals surface area contributed by atoms with Gasteiger partial charge in [-0.15, -0.1) is 0 Å². The molecule has 0 spiro atoms. The van der Waals surface area contributed by atoms with E-state index in [2.05, 4.69) is 15.9 Å². The third-order valence-corrected chi connectivity index (χ3v) is 4.74. The van der Waals surface area contributed by atoms with Crippen molar-refractivity contribution in [3.63, 3.8) is 0 Å². The van der Waals surface area contributed by atoms with Crippen LogP contribution < -0.4 is 0 Å².